The van der Waals surface area contributed by atoms with Gasteiger partial charge in [-0.05, 0) is 50.4 Å². The zero-order chi connectivity index (χ0) is 13.9. The first kappa shape index (κ1) is 15.5. The van der Waals surface area contributed by atoms with E-state index in [1.165, 1.54) is 0 Å². The molecule has 1 saturated heterocycles. The van der Waals surface area contributed by atoms with E-state index in [4.69, 9.17) is 11.6 Å². The molecule has 4 nitrogen and oxygen atoms in total. The molecular weight excluding hydrogens is 284 g/mol. The molecule has 1 aliphatic heterocycles. The second-order valence-electron chi connectivity index (χ2n) is 6.05. The van der Waals surface area contributed by atoms with Gasteiger partial charge < -0.3 is 0 Å². The first-order chi connectivity index (χ1) is 8.97. The van der Waals surface area contributed by atoms with Crippen molar-refractivity contribution in [1.29, 1.82) is 0 Å². The van der Waals surface area contributed by atoms with Crippen LogP contribution in [-0.4, -0.2) is 37.7 Å². The number of alkyl halides is 1. The summed E-state index contributed by atoms with van der Waals surface area (Å²) in [6.45, 7) is 4.07. The lowest BCUT2D eigenvalue weighted by Crippen LogP contribution is -2.46. The van der Waals surface area contributed by atoms with Crippen LogP contribution in [-0.2, 0) is 10.2 Å². The van der Waals surface area contributed by atoms with Crippen LogP contribution in [0.1, 0.15) is 45.4 Å². The fraction of sp³-hybridized carbons (Fsp3) is 1.00. The van der Waals surface area contributed by atoms with Crippen LogP contribution in [0, 0.1) is 11.8 Å². The molecule has 0 aromatic heterocycles. The van der Waals surface area contributed by atoms with Gasteiger partial charge in [0.15, 0.2) is 0 Å². The molecule has 0 atom stereocenters. The standard InChI is InChI=1S/C13H25ClN2O2S/c1-11-6-8-16(9-7-11)19(17,18)15-10-12-2-4-13(14)5-3-12/h11-13,15H,2-10H2,1H3. The first-order valence-electron chi connectivity index (χ1n) is 7.36. The summed E-state index contributed by atoms with van der Waals surface area (Å²) in [5.41, 5.74) is 0. The highest BCUT2D eigenvalue weighted by Gasteiger charge is 2.27. The normalized spacial score (nSPS) is 31.5. The maximum Gasteiger partial charge on any atom is 0.279 e. The Morgan fingerprint density at radius 1 is 1.11 bits per heavy atom. The van der Waals surface area contributed by atoms with Gasteiger partial charge >= 0.3 is 0 Å². The van der Waals surface area contributed by atoms with Crippen molar-refractivity contribution < 1.29 is 8.42 Å². The second kappa shape index (κ2) is 6.74. The molecule has 1 saturated carbocycles. The molecule has 2 rings (SSSR count). The average molecular weight is 309 g/mol. The number of halogens is 1. The second-order valence-corrected chi connectivity index (χ2v) is 8.43. The maximum absolute atomic E-state index is 12.2. The minimum Gasteiger partial charge on any atom is -0.202 e. The third-order valence-electron chi connectivity index (χ3n) is 4.41. The van der Waals surface area contributed by atoms with Crippen LogP contribution >= 0.6 is 11.6 Å². The smallest absolute Gasteiger partial charge is 0.202 e. The van der Waals surface area contributed by atoms with Gasteiger partial charge in [-0.25, -0.2) is 4.72 Å². The number of rotatable bonds is 4. The fourth-order valence-corrected chi connectivity index (χ4v) is 4.44. The van der Waals surface area contributed by atoms with Crippen LogP contribution in [0.5, 0.6) is 0 Å². The monoisotopic (exact) mass is 308 g/mol. The van der Waals surface area contributed by atoms with E-state index in [0.717, 1.165) is 38.5 Å². The van der Waals surface area contributed by atoms with E-state index in [1.54, 1.807) is 4.31 Å². The summed E-state index contributed by atoms with van der Waals surface area (Å²) in [6, 6.07) is 0. The summed E-state index contributed by atoms with van der Waals surface area (Å²) in [5.74, 6) is 1.10. The Bertz CT molecular complexity index is 372. The molecular formula is C13H25ClN2O2S. The van der Waals surface area contributed by atoms with Crippen LogP contribution in [0.3, 0.4) is 0 Å². The largest absolute Gasteiger partial charge is 0.279 e. The SMILES string of the molecule is CC1CCN(S(=O)(=O)NCC2CCC(Cl)CC2)CC1. The Kier molecular flexibility index (Phi) is 5.52. The number of nitrogens with one attached hydrogen (secondary N) is 1. The number of hydrogen-bond acceptors (Lipinski definition) is 2. The molecule has 0 aromatic carbocycles. The molecule has 0 aromatic rings. The molecule has 1 aliphatic carbocycles. The van der Waals surface area contributed by atoms with Crippen LogP contribution in [0.2, 0.25) is 0 Å². The molecule has 2 aliphatic rings. The molecule has 2 fully saturated rings. The van der Waals surface area contributed by atoms with E-state index in [-0.39, 0.29) is 5.38 Å². The van der Waals surface area contributed by atoms with Crippen LogP contribution in [0.25, 0.3) is 0 Å². The maximum atomic E-state index is 12.2. The summed E-state index contributed by atoms with van der Waals surface area (Å²) < 4.78 is 28.8. The molecule has 0 spiro atoms. The predicted octanol–water partition coefficient (Wildman–Crippen LogP) is 2.35. The third kappa shape index (κ3) is 4.59. The van der Waals surface area contributed by atoms with Crippen LogP contribution < -0.4 is 4.72 Å². The summed E-state index contributed by atoms with van der Waals surface area (Å²) in [6.07, 6.45) is 6.03. The van der Waals surface area contributed by atoms with Crippen molar-refractivity contribution in [1.82, 2.24) is 9.03 Å². The zero-order valence-corrected chi connectivity index (χ0v) is 13.2. The first-order valence-corrected chi connectivity index (χ1v) is 9.24. The van der Waals surface area contributed by atoms with Crippen molar-refractivity contribution >= 4 is 21.8 Å². The molecule has 112 valence electrons. The Hall–Kier alpha value is 0.160. The van der Waals surface area contributed by atoms with E-state index < -0.39 is 10.2 Å². The Morgan fingerprint density at radius 2 is 1.68 bits per heavy atom. The lowest BCUT2D eigenvalue weighted by atomic mass is 9.89. The highest BCUT2D eigenvalue weighted by molar-refractivity contribution is 7.87. The van der Waals surface area contributed by atoms with Crippen molar-refractivity contribution in [2.75, 3.05) is 19.6 Å². The summed E-state index contributed by atoms with van der Waals surface area (Å²) in [7, 11) is -3.27. The van der Waals surface area contributed by atoms with Crippen molar-refractivity contribution in [3.05, 3.63) is 0 Å². The van der Waals surface area contributed by atoms with Crippen molar-refractivity contribution in [3.63, 3.8) is 0 Å². The number of piperidine rings is 1. The number of nitrogens with zero attached hydrogens (tertiary/aromatic N) is 1. The summed E-state index contributed by atoms with van der Waals surface area (Å²) >= 11 is 6.06. The van der Waals surface area contributed by atoms with E-state index >= 15 is 0 Å². The summed E-state index contributed by atoms with van der Waals surface area (Å²) in [4.78, 5) is 0. The molecule has 0 radical (unpaired) electrons. The van der Waals surface area contributed by atoms with Gasteiger partial charge in [0.2, 0.25) is 0 Å². The average Bonchev–Trinajstić information content (AvgIpc) is 2.39. The van der Waals surface area contributed by atoms with Crippen LogP contribution in [0.4, 0.5) is 0 Å². The van der Waals surface area contributed by atoms with E-state index in [0.29, 0.717) is 31.5 Å². The van der Waals surface area contributed by atoms with E-state index in [2.05, 4.69) is 11.6 Å². The topological polar surface area (TPSA) is 49.4 Å². The lowest BCUT2D eigenvalue weighted by molar-refractivity contribution is 0.282. The Morgan fingerprint density at radius 3 is 2.26 bits per heavy atom. The predicted molar refractivity (Wildman–Crippen MR) is 78.5 cm³/mol. The molecule has 19 heavy (non-hydrogen) atoms. The van der Waals surface area contributed by atoms with Crippen LogP contribution in [0.15, 0.2) is 0 Å². The molecule has 0 unspecified atom stereocenters. The molecule has 0 bridgehead atoms. The Balaban J connectivity index is 1.78. The third-order valence-corrected chi connectivity index (χ3v) is 6.43. The highest BCUT2D eigenvalue weighted by atomic mass is 35.5. The quantitative estimate of drug-likeness (QED) is 0.811. The van der Waals surface area contributed by atoms with Gasteiger partial charge in [-0.15, -0.1) is 11.6 Å². The van der Waals surface area contributed by atoms with E-state index in [1.807, 2.05) is 0 Å². The molecule has 0 amide bonds. The molecule has 1 N–H and O–H groups in total. The van der Waals surface area contributed by atoms with E-state index in [9.17, 15) is 8.42 Å². The van der Waals surface area contributed by atoms with Gasteiger partial charge in [0.05, 0.1) is 0 Å². The lowest BCUT2D eigenvalue weighted by Gasteiger charge is -2.31. The Labute approximate surface area is 122 Å². The molecule has 6 heteroatoms. The fourth-order valence-electron chi connectivity index (χ4n) is 2.87. The minimum atomic E-state index is -3.27. The van der Waals surface area contributed by atoms with Gasteiger partial charge in [0.25, 0.3) is 10.2 Å². The van der Waals surface area contributed by atoms with Gasteiger partial charge in [-0.2, -0.15) is 12.7 Å². The van der Waals surface area contributed by atoms with Crippen molar-refractivity contribution in [2.45, 2.75) is 50.8 Å². The van der Waals surface area contributed by atoms with Gasteiger partial charge in [0, 0.05) is 25.0 Å². The van der Waals surface area contributed by atoms with Crippen molar-refractivity contribution in [2.24, 2.45) is 11.8 Å². The van der Waals surface area contributed by atoms with Gasteiger partial charge in [0.1, 0.15) is 0 Å². The summed E-state index contributed by atoms with van der Waals surface area (Å²) in [5, 5.41) is 0.288. The minimum absolute atomic E-state index is 0.288. The van der Waals surface area contributed by atoms with Gasteiger partial charge in [-0.3, -0.25) is 0 Å². The van der Waals surface area contributed by atoms with Gasteiger partial charge in [-0.1, -0.05) is 6.92 Å². The molecule has 1 heterocycles. The highest BCUT2D eigenvalue weighted by Crippen LogP contribution is 2.27. The zero-order valence-electron chi connectivity index (χ0n) is 11.6. The number of hydrogen-bond donors (Lipinski definition) is 1. The van der Waals surface area contributed by atoms with Crippen molar-refractivity contribution in [3.8, 4) is 0 Å².